The first-order chi connectivity index (χ1) is 9.03. The van der Waals surface area contributed by atoms with Crippen LogP contribution in [0.4, 0.5) is 0 Å². The van der Waals surface area contributed by atoms with Crippen molar-refractivity contribution in [2.75, 3.05) is 13.0 Å². The molecule has 0 atom stereocenters. The lowest BCUT2D eigenvalue weighted by molar-refractivity contribution is -0.136. The summed E-state index contributed by atoms with van der Waals surface area (Å²) in [6, 6.07) is 0. The first-order valence-electron chi connectivity index (χ1n) is 7.45. The van der Waals surface area contributed by atoms with Gasteiger partial charge in [-0.05, 0) is 50.9 Å². The highest BCUT2D eigenvalue weighted by molar-refractivity contribution is 6.18. The molecule has 19 heavy (non-hydrogen) atoms. The Morgan fingerprint density at radius 2 is 1.95 bits per heavy atom. The SMILES string of the molecule is COC1(CC(=O)NC2(CCl)CCC(C)CC2)CCC1. The number of alkyl halides is 1. The van der Waals surface area contributed by atoms with Gasteiger partial charge in [0.05, 0.1) is 17.6 Å². The molecule has 4 heteroatoms. The van der Waals surface area contributed by atoms with Gasteiger partial charge in [0.25, 0.3) is 0 Å². The number of ether oxygens (including phenoxy) is 1. The molecule has 0 bridgehead atoms. The monoisotopic (exact) mass is 287 g/mol. The summed E-state index contributed by atoms with van der Waals surface area (Å²) in [6.45, 7) is 2.27. The van der Waals surface area contributed by atoms with Gasteiger partial charge in [-0.25, -0.2) is 0 Å². The fraction of sp³-hybridized carbons (Fsp3) is 0.933. The fourth-order valence-electron chi connectivity index (χ4n) is 3.26. The maximum absolute atomic E-state index is 12.3. The minimum Gasteiger partial charge on any atom is -0.378 e. The number of carbonyl (C=O) groups excluding carboxylic acids is 1. The Balaban J connectivity index is 1.89. The first-order valence-corrected chi connectivity index (χ1v) is 7.99. The van der Waals surface area contributed by atoms with Crippen LogP contribution < -0.4 is 5.32 Å². The average Bonchev–Trinajstić information content (AvgIpc) is 2.37. The van der Waals surface area contributed by atoms with Gasteiger partial charge in [0.15, 0.2) is 0 Å². The highest BCUT2D eigenvalue weighted by atomic mass is 35.5. The maximum Gasteiger partial charge on any atom is 0.223 e. The Labute approximate surface area is 121 Å². The molecule has 2 fully saturated rings. The summed E-state index contributed by atoms with van der Waals surface area (Å²) in [5, 5.41) is 3.21. The van der Waals surface area contributed by atoms with E-state index in [2.05, 4.69) is 12.2 Å². The van der Waals surface area contributed by atoms with E-state index in [1.165, 1.54) is 6.42 Å². The minimum atomic E-state index is -0.195. The molecule has 0 aliphatic heterocycles. The van der Waals surface area contributed by atoms with Crippen LogP contribution in [0.2, 0.25) is 0 Å². The van der Waals surface area contributed by atoms with Crippen LogP contribution in [0.25, 0.3) is 0 Å². The number of nitrogens with one attached hydrogen (secondary N) is 1. The molecule has 1 amide bonds. The van der Waals surface area contributed by atoms with Crippen molar-refractivity contribution in [3.63, 3.8) is 0 Å². The minimum absolute atomic E-state index is 0.108. The molecule has 110 valence electrons. The first kappa shape index (κ1) is 15.1. The molecule has 0 aromatic carbocycles. The fourth-order valence-corrected chi connectivity index (χ4v) is 3.60. The van der Waals surface area contributed by atoms with Crippen LogP contribution in [0.1, 0.15) is 58.3 Å². The molecule has 0 aromatic rings. The van der Waals surface area contributed by atoms with E-state index in [4.69, 9.17) is 16.3 Å². The Morgan fingerprint density at radius 1 is 1.32 bits per heavy atom. The number of methoxy groups -OCH3 is 1. The summed E-state index contributed by atoms with van der Waals surface area (Å²) in [7, 11) is 1.71. The third kappa shape index (κ3) is 3.43. The van der Waals surface area contributed by atoms with Gasteiger partial charge in [-0.1, -0.05) is 6.92 Å². The summed E-state index contributed by atoms with van der Waals surface area (Å²) >= 11 is 6.14. The van der Waals surface area contributed by atoms with Crippen molar-refractivity contribution in [1.82, 2.24) is 5.32 Å². The zero-order chi connectivity index (χ0) is 13.9. The highest BCUT2D eigenvalue weighted by Gasteiger charge is 2.41. The standard InChI is InChI=1S/C15H26ClNO2/c1-12-4-8-14(11-16,9-5-12)17-13(18)10-15(19-2)6-3-7-15/h12H,3-11H2,1-2H3,(H,17,18). The van der Waals surface area contributed by atoms with Crippen LogP contribution in [0.15, 0.2) is 0 Å². The summed E-state index contributed by atoms with van der Waals surface area (Å²) in [5.41, 5.74) is -0.372. The molecule has 2 aliphatic rings. The van der Waals surface area contributed by atoms with E-state index < -0.39 is 0 Å². The molecular weight excluding hydrogens is 262 g/mol. The Bertz CT molecular complexity index is 315. The Morgan fingerprint density at radius 3 is 2.37 bits per heavy atom. The smallest absolute Gasteiger partial charge is 0.223 e. The van der Waals surface area contributed by atoms with Crippen molar-refractivity contribution >= 4 is 17.5 Å². The van der Waals surface area contributed by atoms with Gasteiger partial charge >= 0.3 is 0 Å². The predicted octanol–water partition coefficient (Wildman–Crippen LogP) is 3.25. The van der Waals surface area contributed by atoms with Crippen LogP contribution in [0.5, 0.6) is 0 Å². The molecule has 2 rings (SSSR count). The lowest BCUT2D eigenvalue weighted by atomic mass is 9.76. The van der Waals surface area contributed by atoms with Gasteiger partial charge in [0.1, 0.15) is 0 Å². The maximum atomic E-state index is 12.3. The van der Waals surface area contributed by atoms with Crippen molar-refractivity contribution in [3.05, 3.63) is 0 Å². The van der Waals surface area contributed by atoms with E-state index in [0.29, 0.717) is 12.3 Å². The van der Waals surface area contributed by atoms with Crippen molar-refractivity contribution < 1.29 is 9.53 Å². The molecule has 0 heterocycles. The summed E-state index contributed by atoms with van der Waals surface area (Å²) < 4.78 is 5.52. The average molecular weight is 288 g/mol. The quantitative estimate of drug-likeness (QED) is 0.788. The number of halogens is 1. The van der Waals surface area contributed by atoms with E-state index in [-0.39, 0.29) is 17.0 Å². The second-order valence-electron chi connectivity index (χ2n) is 6.56. The number of amides is 1. The number of hydrogen-bond donors (Lipinski definition) is 1. The number of hydrogen-bond acceptors (Lipinski definition) is 2. The predicted molar refractivity (Wildman–Crippen MR) is 77.4 cm³/mol. The van der Waals surface area contributed by atoms with Crippen LogP contribution in [-0.2, 0) is 9.53 Å². The van der Waals surface area contributed by atoms with Crippen molar-refractivity contribution in [1.29, 1.82) is 0 Å². The number of rotatable bonds is 5. The van der Waals surface area contributed by atoms with E-state index >= 15 is 0 Å². The van der Waals surface area contributed by atoms with E-state index in [1.807, 2.05) is 0 Å². The third-order valence-electron chi connectivity index (χ3n) is 5.07. The topological polar surface area (TPSA) is 38.3 Å². The van der Waals surface area contributed by atoms with Gasteiger partial charge in [0.2, 0.25) is 5.91 Å². The molecule has 1 N–H and O–H groups in total. The molecule has 2 aliphatic carbocycles. The summed E-state index contributed by atoms with van der Waals surface area (Å²) in [6.07, 6.45) is 7.97. The molecule has 0 radical (unpaired) electrons. The second-order valence-corrected chi connectivity index (χ2v) is 6.83. The summed E-state index contributed by atoms with van der Waals surface area (Å²) in [4.78, 5) is 12.3. The van der Waals surface area contributed by atoms with Crippen LogP contribution in [0.3, 0.4) is 0 Å². The van der Waals surface area contributed by atoms with Crippen molar-refractivity contribution in [2.24, 2.45) is 5.92 Å². The normalized spacial score (nSPS) is 33.5. The van der Waals surface area contributed by atoms with E-state index in [9.17, 15) is 4.79 Å². The van der Waals surface area contributed by atoms with Gasteiger partial charge in [0, 0.05) is 13.0 Å². The van der Waals surface area contributed by atoms with Crippen LogP contribution >= 0.6 is 11.6 Å². The van der Waals surface area contributed by atoms with Gasteiger partial charge in [-0.2, -0.15) is 0 Å². The zero-order valence-electron chi connectivity index (χ0n) is 12.1. The van der Waals surface area contributed by atoms with Gasteiger partial charge in [-0.15, -0.1) is 11.6 Å². The van der Waals surface area contributed by atoms with Gasteiger partial charge < -0.3 is 10.1 Å². The molecule has 0 spiro atoms. The highest BCUT2D eigenvalue weighted by Crippen LogP contribution is 2.39. The number of carbonyl (C=O) groups is 1. The Hall–Kier alpha value is -0.280. The lowest BCUT2D eigenvalue weighted by Crippen LogP contribution is -2.54. The summed E-state index contributed by atoms with van der Waals surface area (Å²) in [5.74, 6) is 1.38. The van der Waals surface area contributed by atoms with Gasteiger partial charge in [-0.3, -0.25) is 4.79 Å². The molecule has 0 aromatic heterocycles. The Kier molecular flexibility index (Phi) is 4.78. The molecule has 2 saturated carbocycles. The van der Waals surface area contributed by atoms with Crippen molar-refractivity contribution in [3.8, 4) is 0 Å². The van der Waals surface area contributed by atoms with E-state index in [0.717, 1.165) is 44.4 Å². The lowest BCUT2D eigenvalue weighted by Gasteiger charge is -2.42. The zero-order valence-corrected chi connectivity index (χ0v) is 12.9. The molecule has 3 nitrogen and oxygen atoms in total. The second kappa shape index (κ2) is 6.01. The van der Waals surface area contributed by atoms with E-state index in [1.54, 1.807) is 7.11 Å². The van der Waals surface area contributed by atoms with Crippen LogP contribution in [0, 0.1) is 5.92 Å². The third-order valence-corrected chi connectivity index (χ3v) is 5.58. The van der Waals surface area contributed by atoms with Crippen LogP contribution in [-0.4, -0.2) is 30.0 Å². The largest absolute Gasteiger partial charge is 0.378 e. The van der Waals surface area contributed by atoms with Crippen molar-refractivity contribution in [2.45, 2.75) is 69.4 Å². The molecular formula is C15H26ClNO2. The molecule has 0 unspecified atom stereocenters. The molecule has 0 saturated heterocycles.